The summed E-state index contributed by atoms with van der Waals surface area (Å²) in [5.74, 6) is -0.0152. The molecular formula is C20H26N2O3S2. The lowest BCUT2D eigenvalue weighted by molar-refractivity contribution is 0.0958. The van der Waals surface area contributed by atoms with E-state index in [-0.39, 0.29) is 11.7 Å². The van der Waals surface area contributed by atoms with Gasteiger partial charge in [0.05, 0.1) is 16.3 Å². The van der Waals surface area contributed by atoms with Crippen molar-refractivity contribution in [1.82, 2.24) is 5.32 Å². The van der Waals surface area contributed by atoms with Crippen LogP contribution in [0.25, 0.3) is 10.1 Å². The highest BCUT2D eigenvalue weighted by Gasteiger charge is 2.17. The molecule has 1 aliphatic rings. The number of hydrogen-bond donors (Lipinski definition) is 1. The topological polar surface area (TPSA) is 66.5 Å². The molecule has 27 heavy (non-hydrogen) atoms. The predicted molar refractivity (Wildman–Crippen MR) is 113 cm³/mol. The van der Waals surface area contributed by atoms with Gasteiger partial charge in [-0.15, -0.1) is 11.3 Å². The molecule has 0 unspecified atom stereocenters. The van der Waals surface area contributed by atoms with E-state index in [1.54, 1.807) is 20.0 Å². The van der Waals surface area contributed by atoms with Gasteiger partial charge >= 0.3 is 0 Å². The standard InChI is InChI=1S/C20H26N2O3S2/c1-3-27(24,25)22(2)17-9-10-18-16(13-17)14-19(26-18)20(23)21-12-11-15-7-5-4-6-8-15/h7,9-10,13-14H,3-6,8,11-12H2,1-2H3,(H,21,23). The van der Waals surface area contributed by atoms with E-state index in [9.17, 15) is 13.2 Å². The van der Waals surface area contributed by atoms with Crippen molar-refractivity contribution in [2.45, 2.75) is 39.0 Å². The van der Waals surface area contributed by atoms with Crippen LogP contribution in [-0.2, 0) is 10.0 Å². The predicted octanol–water partition coefficient (Wildman–Crippen LogP) is 4.31. The van der Waals surface area contributed by atoms with Crippen LogP contribution in [0.4, 0.5) is 5.69 Å². The molecule has 1 aromatic carbocycles. The van der Waals surface area contributed by atoms with Gasteiger partial charge in [0.15, 0.2) is 0 Å². The first-order valence-electron chi connectivity index (χ1n) is 9.37. The summed E-state index contributed by atoms with van der Waals surface area (Å²) in [5.41, 5.74) is 2.06. The number of nitrogens with zero attached hydrogens (tertiary/aromatic N) is 1. The van der Waals surface area contributed by atoms with E-state index < -0.39 is 10.0 Å². The summed E-state index contributed by atoms with van der Waals surface area (Å²) in [5, 5.41) is 3.89. The highest BCUT2D eigenvalue weighted by Crippen LogP contribution is 2.30. The molecule has 5 nitrogen and oxygen atoms in total. The minimum atomic E-state index is -3.30. The quantitative estimate of drug-likeness (QED) is 0.697. The smallest absolute Gasteiger partial charge is 0.261 e. The highest BCUT2D eigenvalue weighted by atomic mass is 32.2. The van der Waals surface area contributed by atoms with Crippen LogP contribution in [-0.4, -0.2) is 33.7 Å². The molecular weight excluding hydrogens is 380 g/mol. The van der Waals surface area contributed by atoms with Gasteiger partial charge in [-0.05, 0) is 68.7 Å². The molecule has 0 bridgehead atoms. The molecule has 7 heteroatoms. The third kappa shape index (κ3) is 4.71. The first-order chi connectivity index (χ1) is 12.9. The van der Waals surface area contributed by atoms with Crippen molar-refractivity contribution >= 4 is 43.0 Å². The second-order valence-corrected chi connectivity index (χ2v) is 10.2. The Labute approximate surface area is 165 Å². The fourth-order valence-electron chi connectivity index (χ4n) is 3.25. The molecule has 0 spiro atoms. The Hall–Kier alpha value is -1.86. The summed E-state index contributed by atoms with van der Waals surface area (Å²) in [6.45, 7) is 2.28. The third-order valence-corrected chi connectivity index (χ3v) is 7.88. The number of fused-ring (bicyclic) bond motifs is 1. The molecule has 1 aromatic heterocycles. The second-order valence-electron chi connectivity index (χ2n) is 6.81. The lowest BCUT2D eigenvalue weighted by Crippen LogP contribution is -2.27. The number of anilines is 1. The summed E-state index contributed by atoms with van der Waals surface area (Å²) >= 11 is 1.43. The van der Waals surface area contributed by atoms with Crippen LogP contribution in [0, 0.1) is 0 Å². The van der Waals surface area contributed by atoms with Gasteiger partial charge in [0, 0.05) is 18.3 Å². The molecule has 0 radical (unpaired) electrons. The number of rotatable bonds is 7. The molecule has 0 fully saturated rings. The molecule has 1 aliphatic carbocycles. The molecule has 1 amide bonds. The van der Waals surface area contributed by atoms with Gasteiger partial charge in [-0.1, -0.05) is 11.6 Å². The first kappa shape index (κ1) is 19.9. The second kappa shape index (κ2) is 8.44. The first-order valence-corrected chi connectivity index (χ1v) is 11.8. The fourth-order valence-corrected chi connectivity index (χ4v) is 5.03. The lowest BCUT2D eigenvalue weighted by Gasteiger charge is -2.18. The van der Waals surface area contributed by atoms with Crippen LogP contribution in [0.2, 0.25) is 0 Å². The van der Waals surface area contributed by atoms with Crippen molar-refractivity contribution in [2.24, 2.45) is 0 Å². The van der Waals surface area contributed by atoms with E-state index in [0.717, 1.165) is 29.3 Å². The number of thiophene rings is 1. The normalized spacial score (nSPS) is 14.8. The number of carbonyl (C=O) groups excluding carboxylic acids is 1. The Bertz CT molecular complexity index is 961. The Kier molecular flexibility index (Phi) is 6.22. The van der Waals surface area contributed by atoms with Crippen LogP contribution in [0.3, 0.4) is 0 Å². The van der Waals surface area contributed by atoms with E-state index in [0.29, 0.717) is 17.1 Å². The van der Waals surface area contributed by atoms with Gasteiger partial charge in [0.2, 0.25) is 10.0 Å². The fraction of sp³-hybridized carbons (Fsp3) is 0.450. The Morgan fingerprint density at radius 2 is 2.07 bits per heavy atom. The SMILES string of the molecule is CCS(=O)(=O)N(C)c1ccc2sc(C(=O)NCCC3=CCCCC3)cc2c1. The zero-order chi connectivity index (χ0) is 19.4. The van der Waals surface area contributed by atoms with E-state index in [1.807, 2.05) is 18.2 Å². The van der Waals surface area contributed by atoms with Crippen molar-refractivity contribution in [3.63, 3.8) is 0 Å². The van der Waals surface area contributed by atoms with E-state index >= 15 is 0 Å². The van der Waals surface area contributed by atoms with Crippen molar-refractivity contribution in [1.29, 1.82) is 0 Å². The van der Waals surface area contributed by atoms with Crippen molar-refractivity contribution in [3.8, 4) is 0 Å². The summed E-state index contributed by atoms with van der Waals surface area (Å²) in [6.07, 6.45) is 8.05. The largest absolute Gasteiger partial charge is 0.351 e. The van der Waals surface area contributed by atoms with Crippen LogP contribution in [0.5, 0.6) is 0 Å². The average Bonchev–Trinajstić information content (AvgIpc) is 3.11. The summed E-state index contributed by atoms with van der Waals surface area (Å²) in [6, 6.07) is 7.32. The Morgan fingerprint density at radius 1 is 1.26 bits per heavy atom. The average molecular weight is 407 g/mol. The summed E-state index contributed by atoms with van der Waals surface area (Å²) in [4.78, 5) is 13.1. The molecule has 0 aliphatic heterocycles. The number of sulfonamides is 1. The van der Waals surface area contributed by atoms with Crippen LogP contribution in [0.15, 0.2) is 35.9 Å². The number of carbonyl (C=O) groups is 1. The number of hydrogen-bond acceptors (Lipinski definition) is 4. The Balaban J connectivity index is 1.68. The Morgan fingerprint density at radius 3 is 2.78 bits per heavy atom. The van der Waals surface area contributed by atoms with Gasteiger partial charge in [0.25, 0.3) is 5.91 Å². The third-order valence-electron chi connectivity index (χ3n) is 4.99. The van der Waals surface area contributed by atoms with Crippen molar-refractivity contribution < 1.29 is 13.2 Å². The van der Waals surface area contributed by atoms with Crippen LogP contribution in [0.1, 0.15) is 48.7 Å². The summed E-state index contributed by atoms with van der Waals surface area (Å²) in [7, 11) is -1.74. The van der Waals surface area contributed by atoms with Gasteiger partial charge in [-0.2, -0.15) is 0 Å². The molecule has 3 rings (SSSR count). The molecule has 2 aromatic rings. The molecule has 146 valence electrons. The van der Waals surface area contributed by atoms with Crippen molar-refractivity contribution in [2.75, 3.05) is 23.7 Å². The van der Waals surface area contributed by atoms with Crippen LogP contribution < -0.4 is 9.62 Å². The van der Waals surface area contributed by atoms with E-state index in [4.69, 9.17) is 0 Å². The van der Waals surface area contributed by atoms with Crippen LogP contribution >= 0.6 is 11.3 Å². The maximum Gasteiger partial charge on any atom is 0.261 e. The highest BCUT2D eigenvalue weighted by molar-refractivity contribution is 7.92. The minimum Gasteiger partial charge on any atom is -0.351 e. The number of allylic oxidation sites excluding steroid dienone is 1. The lowest BCUT2D eigenvalue weighted by atomic mass is 9.97. The molecule has 0 saturated carbocycles. The zero-order valence-electron chi connectivity index (χ0n) is 15.8. The molecule has 0 saturated heterocycles. The molecule has 0 atom stereocenters. The van der Waals surface area contributed by atoms with Gasteiger partial charge in [-0.25, -0.2) is 8.42 Å². The zero-order valence-corrected chi connectivity index (χ0v) is 17.5. The number of nitrogens with one attached hydrogen (secondary N) is 1. The van der Waals surface area contributed by atoms with Crippen molar-refractivity contribution in [3.05, 3.63) is 40.8 Å². The van der Waals surface area contributed by atoms with Gasteiger partial charge in [-0.3, -0.25) is 9.10 Å². The molecule has 1 N–H and O–H groups in total. The number of amides is 1. The maximum absolute atomic E-state index is 12.5. The molecule has 1 heterocycles. The van der Waals surface area contributed by atoms with E-state index in [1.165, 1.54) is 34.1 Å². The van der Waals surface area contributed by atoms with E-state index in [2.05, 4.69) is 11.4 Å². The number of benzene rings is 1. The van der Waals surface area contributed by atoms with Gasteiger partial charge < -0.3 is 5.32 Å². The maximum atomic E-state index is 12.5. The monoisotopic (exact) mass is 406 g/mol. The summed E-state index contributed by atoms with van der Waals surface area (Å²) < 4.78 is 26.4. The van der Waals surface area contributed by atoms with Gasteiger partial charge in [0.1, 0.15) is 0 Å². The minimum absolute atomic E-state index is 0.0509.